The molecule has 0 aliphatic rings. The predicted octanol–water partition coefficient (Wildman–Crippen LogP) is 3.66. The molecule has 2 aromatic rings. The summed E-state index contributed by atoms with van der Waals surface area (Å²) in [5, 5.41) is 8.60. The van der Waals surface area contributed by atoms with Crippen LogP contribution in [0.3, 0.4) is 0 Å². The summed E-state index contributed by atoms with van der Waals surface area (Å²) in [4.78, 5) is 0.394. The number of nitrogens with zero attached hydrogens (tertiary/aromatic N) is 2. The lowest BCUT2D eigenvalue weighted by atomic mass is 10.2. The van der Waals surface area contributed by atoms with Crippen molar-refractivity contribution in [2.24, 2.45) is 7.05 Å². The number of halogens is 2. The normalized spacial score (nSPS) is 11.4. The number of aromatic nitrogens is 2. The van der Waals surface area contributed by atoms with Gasteiger partial charge in [-0.3, -0.25) is 4.68 Å². The minimum atomic E-state index is -0.570. The Morgan fingerprint density at radius 1 is 1.33 bits per heavy atom. The van der Waals surface area contributed by atoms with E-state index in [0.717, 1.165) is 22.3 Å². The Morgan fingerprint density at radius 3 is 2.67 bits per heavy atom. The van der Waals surface area contributed by atoms with E-state index in [1.54, 1.807) is 4.68 Å². The third-order valence-electron chi connectivity index (χ3n) is 3.08. The number of aryl methyl sites for hydroxylation is 2. The summed E-state index contributed by atoms with van der Waals surface area (Å²) >= 11 is 1.27. The lowest BCUT2D eigenvalue weighted by Gasteiger charge is -2.10. The van der Waals surface area contributed by atoms with Gasteiger partial charge in [-0.25, -0.2) is 8.78 Å². The molecule has 1 aromatic carbocycles. The average Bonchev–Trinajstić information content (AvgIpc) is 2.65. The van der Waals surface area contributed by atoms with Crippen molar-refractivity contribution >= 4 is 11.8 Å². The van der Waals surface area contributed by atoms with Gasteiger partial charge in [0.2, 0.25) is 0 Å². The lowest BCUT2D eigenvalue weighted by Crippen LogP contribution is -2.22. The molecule has 6 heteroatoms. The highest BCUT2D eigenvalue weighted by Crippen LogP contribution is 2.33. The fraction of sp³-hybridized carbons (Fsp3) is 0.400. The topological polar surface area (TPSA) is 29.9 Å². The predicted molar refractivity (Wildman–Crippen MR) is 80.4 cm³/mol. The zero-order valence-electron chi connectivity index (χ0n) is 12.6. The van der Waals surface area contributed by atoms with E-state index in [1.807, 2.05) is 14.0 Å². The minimum absolute atomic E-state index is 0.352. The van der Waals surface area contributed by atoms with Crippen molar-refractivity contribution in [1.82, 2.24) is 15.1 Å². The average molecular weight is 311 g/mol. The van der Waals surface area contributed by atoms with Crippen LogP contribution < -0.4 is 5.32 Å². The fourth-order valence-electron chi connectivity index (χ4n) is 1.98. The van der Waals surface area contributed by atoms with Gasteiger partial charge in [0, 0.05) is 36.2 Å². The molecule has 2 rings (SSSR count). The molecule has 0 saturated heterocycles. The van der Waals surface area contributed by atoms with Crippen LogP contribution in [-0.4, -0.2) is 15.8 Å². The molecule has 0 spiro atoms. The summed E-state index contributed by atoms with van der Waals surface area (Å²) in [6.07, 6.45) is 0. The summed E-state index contributed by atoms with van der Waals surface area (Å²) < 4.78 is 28.5. The van der Waals surface area contributed by atoms with Crippen molar-refractivity contribution in [3.8, 4) is 0 Å². The summed E-state index contributed by atoms with van der Waals surface area (Å²) in [6.45, 7) is 6.74. The van der Waals surface area contributed by atoms with Crippen molar-refractivity contribution in [1.29, 1.82) is 0 Å². The van der Waals surface area contributed by atoms with E-state index < -0.39 is 11.6 Å². The van der Waals surface area contributed by atoms with E-state index >= 15 is 0 Å². The van der Waals surface area contributed by atoms with Gasteiger partial charge in [-0.15, -0.1) is 0 Å². The molecule has 114 valence electrons. The maximum absolute atomic E-state index is 13.8. The van der Waals surface area contributed by atoms with E-state index in [1.165, 1.54) is 23.9 Å². The maximum Gasteiger partial charge on any atom is 0.140 e. The smallest absolute Gasteiger partial charge is 0.140 e. The number of nitrogens with one attached hydrogen (secondary N) is 1. The summed E-state index contributed by atoms with van der Waals surface area (Å²) in [7, 11) is 1.83. The van der Waals surface area contributed by atoms with Crippen molar-refractivity contribution in [2.75, 3.05) is 0 Å². The van der Waals surface area contributed by atoms with Gasteiger partial charge in [0.15, 0.2) is 0 Å². The van der Waals surface area contributed by atoms with Gasteiger partial charge in [0.05, 0.1) is 5.69 Å². The highest BCUT2D eigenvalue weighted by molar-refractivity contribution is 7.99. The molecule has 0 bridgehead atoms. The van der Waals surface area contributed by atoms with E-state index in [4.69, 9.17) is 0 Å². The first-order chi connectivity index (χ1) is 9.88. The first-order valence-corrected chi connectivity index (χ1v) is 7.59. The zero-order valence-corrected chi connectivity index (χ0v) is 13.4. The standard InChI is InChI=1S/C15H19F2N3S/c1-9(2)18-8-12-10(3)19-20(4)15(12)21-14-6-5-11(16)7-13(14)17/h5-7,9,18H,8H2,1-4H3. The molecule has 0 atom stereocenters. The molecule has 0 fully saturated rings. The van der Waals surface area contributed by atoms with Gasteiger partial charge >= 0.3 is 0 Å². The van der Waals surface area contributed by atoms with Gasteiger partial charge in [0.25, 0.3) is 0 Å². The molecule has 0 amide bonds. The van der Waals surface area contributed by atoms with Gasteiger partial charge < -0.3 is 5.32 Å². The second-order valence-corrected chi connectivity index (χ2v) is 6.24. The summed E-state index contributed by atoms with van der Waals surface area (Å²) in [6, 6.07) is 3.97. The molecular formula is C15H19F2N3S. The SMILES string of the molecule is Cc1nn(C)c(Sc2ccc(F)cc2F)c1CNC(C)C. The number of hydrogen-bond acceptors (Lipinski definition) is 3. The van der Waals surface area contributed by atoms with Gasteiger partial charge in [-0.2, -0.15) is 5.10 Å². The van der Waals surface area contributed by atoms with Crippen LogP contribution in [0.1, 0.15) is 25.1 Å². The molecule has 0 radical (unpaired) electrons. The van der Waals surface area contributed by atoms with Crippen molar-refractivity contribution in [3.63, 3.8) is 0 Å². The van der Waals surface area contributed by atoms with Crippen LogP contribution >= 0.6 is 11.8 Å². The minimum Gasteiger partial charge on any atom is -0.310 e. The van der Waals surface area contributed by atoms with Crippen LogP contribution in [-0.2, 0) is 13.6 Å². The molecule has 1 heterocycles. The largest absolute Gasteiger partial charge is 0.310 e. The Morgan fingerprint density at radius 2 is 2.05 bits per heavy atom. The lowest BCUT2D eigenvalue weighted by molar-refractivity contribution is 0.564. The monoisotopic (exact) mass is 311 g/mol. The fourth-order valence-corrected chi connectivity index (χ4v) is 3.00. The van der Waals surface area contributed by atoms with Gasteiger partial charge in [-0.1, -0.05) is 25.6 Å². The molecule has 0 unspecified atom stereocenters. The van der Waals surface area contributed by atoms with Crippen LogP contribution in [0, 0.1) is 18.6 Å². The highest BCUT2D eigenvalue weighted by atomic mass is 32.2. The van der Waals surface area contributed by atoms with E-state index in [-0.39, 0.29) is 0 Å². The van der Waals surface area contributed by atoms with Crippen molar-refractivity contribution < 1.29 is 8.78 Å². The zero-order chi connectivity index (χ0) is 15.6. The number of hydrogen-bond donors (Lipinski definition) is 1. The Kier molecular flexibility index (Phi) is 5.00. The Labute approximate surface area is 127 Å². The maximum atomic E-state index is 13.8. The molecule has 0 saturated carbocycles. The van der Waals surface area contributed by atoms with Crippen molar-refractivity contribution in [3.05, 3.63) is 41.1 Å². The third kappa shape index (κ3) is 3.83. The summed E-state index contributed by atoms with van der Waals surface area (Å²) in [5.74, 6) is -1.12. The summed E-state index contributed by atoms with van der Waals surface area (Å²) in [5.41, 5.74) is 1.95. The van der Waals surface area contributed by atoms with E-state index in [9.17, 15) is 8.78 Å². The number of rotatable bonds is 5. The van der Waals surface area contributed by atoms with E-state index in [2.05, 4.69) is 24.3 Å². The van der Waals surface area contributed by atoms with E-state index in [0.29, 0.717) is 17.5 Å². The molecular weight excluding hydrogens is 292 g/mol. The second kappa shape index (κ2) is 6.58. The highest BCUT2D eigenvalue weighted by Gasteiger charge is 2.16. The van der Waals surface area contributed by atoms with Gasteiger partial charge in [-0.05, 0) is 19.1 Å². The molecule has 0 aliphatic heterocycles. The Balaban J connectivity index is 2.30. The van der Waals surface area contributed by atoms with Crippen LogP contribution in [0.5, 0.6) is 0 Å². The Hall–Kier alpha value is -1.40. The van der Waals surface area contributed by atoms with Crippen LogP contribution in [0.25, 0.3) is 0 Å². The third-order valence-corrected chi connectivity index (χ3v) is 4.33. The van der Waals surface area contributed by atoms with Crippen LogP contribution in [0.4, 0.5) is 8.78 Å². The molecule has 1 aromatic heterocycles. The molecule has 3 nitrogen and oxygen atoms in total. The molecule has 0 aliphatic carbocycles. The van der Waals surface area contributed by atoms with Gasteiger partial charge in [0.1, 0.15) is 16.7 Å². The van der Waals surface area contributed by atoms with Crippen molar-refractivity contribution in [2.45, 2.75) is 43.3 Å². The quantitative estimate of drug-likeness (QED) is 0.914. The second-order valence-electron chi connectivity index (χ2n) is 5.21. The first kappa shape index (κ1) is 16.0. The molecule has 1 N–H and O–H groups in total. The number of benzene rings is 1. The van der Waals surface area contributed by atoms with Crippen LogP contribution in [0.15, 0.2) is 28.1 Å². The van der Waals surface area contributed by atoms with Crippen LogP contribution in [0.2, 0.25) is 0 Å². The molecule has 21 heavy (non-hydrogen) atoms. The first-order valence-electron chi connectivity index (χ1n) is 6.77. The Bertz CT molecular complexity index is 638.